The van der Waals surface area contributed by atoms with Crippen LogP contribution < -0.4 is 5.32 Å². The Morgan fingerprint density at radius 3 is 2.23 bits per heavy atom. The highest BCUT2D eigenvalue weighted by Gasteiger charge is 2.36. The number of hydrogen-bond donors (Lipinski definition) is 2. The minimum absolute atomic E-state index is 0.231. The zero-order chi connectivity index (χ0) is 17.2. The second-order valence-electron chi connectivity index (χ2n) is 5.00. The molecule has 1 aromatic rings. The first-order valence-corrected chi connectivity index (χ1v) is 6.37. The van der Waals surface area contributed by atoms with Crippen LogP contribution in [-0.2, 0) is 10.9 Å². The molecule has 0 radical (unpaired) electrons. The third-order valence-corrected chi connectivity index (χ3v) is 2.86. The Morgan fingerprint density at radius 1 is 1.27 bits per heavy atom. The fourth-order valence-electron chi connectivity index (χ4n) is 2.10. The molecule has 0 aromatic heterocycles. The molecule has 0 unspecified atom stereocenters. The number of carboxylic acids is 1. The van der Waals surface area contributed by atoms with Gasteiger partial charge in [0.15, 0.2) is 0 Å². The number of anilines is 1. The van der Waals surface area contributed by atoms with Crippen molar-refractivity contribution < 1.29 is 32.6 Å². The molecule has 0 spiro atoms. The van der Waals surface area contributed by atoms with Crippen LogP contribution in [0.25, 0.3) is 0 Å². The van der Waals surface area contributed by atoms with Gasteiger partial charge in [0.05, 0.1) is 22.9 Å². The lowest BCUT2D eigenvalue weighted by molar-refractivity contribution is -0.138. The number of nitrogens with one attached hydrogen (secondary N) is 1. The lowest BCUT2D eigenvalue weighted by Gasteiger charge is -2.20. The molecule has 0 atom stereocenters. The van der Waals surface area contributed by atoms with Crippen LogP contribution in [0.4, 0.5) is 23.7 Å². The number of halogens is 3. The van der Waals surface area contributed by atoms with Gasteiger partial charge in [-0.25, -0.2) is 9.59 Å². The van der Waals surface area contributed by atoms with Crippen LogP contribution in [0.15, 0.2) is 6.07 Å². The summed E-state index contributed by atoms with van der Waals surface area (Å²) in [6, 6.07) is 0.878. The maximum Gasteiger partial charge on any atom is 0.416 e. The van der Waals surface area contributed by atoms with Gasteiger partial charge in [-0.15, -0.1) is 0 Å². The quantitative estimate of drug-likeness (QED) is 0.883. The summed E-state index contributed by atoms with van der Waals surface area (Å²) < 4.78 is 44.0. The van der Waals surface area contributed by atoms with Crippen LogP contribution in [0.2, 0.25) is 0 Å². The molecule has 0 saturated heterocycles. The van der Waals surface area contributed by atoms with Gasteiger partial charge in [-0.3, -0.25) is 5.32 Å². The van der Waals surface area contributed by atoms with Gasteiger partial charge in [-0.1, -0.05) is 0 Å². The Bertz CT molecular complexity index is 609. The Balaban J connectivity index is 3.46. The maximum atomic E-state index is 13.1. The fraction of sp³-hybridized carbons (Fsp3) is 0.429. The Labute approximate surface area is 125 Å². The highest BCUT2D eigenvalue weighted by Crippen LogP contribution is 2.39. The van der Waals surface area contributed by atoms with Gasteiger partial charge in [0.25, 0.3) is 0 Å². The molecule has 5 nitrogen and oxygen atoms in total. The summed E-state index contributed by atoms with van der Waals surface area (Å²) in [6.45, 7) is 5.38. The van der Waals surface area contributed by atoms with Crippen molar-refractivity contribution in [3.05, 3.63) is 28.3 Å². The molecule has 1 rings (SSSR count). The van der Waals surface area contributed by atoms with Gasteiger partial charge in [0.2, 0.25) is 0 Å². The number of carbonyl (C=O) groups excluding carboxylic acids is 1. The van der Waals surface area contributed by atoms with Gasteiger partial charge in [0.1, 0.15) is 0 Å². The molecule has 122 valence electrons. The first-order valence-electron chi connectivity index (χ1n) is 6.37. The van der Waals surface area contributed by atoms with Crippen molar-refractivity contribution in [1.82, 2.24) is 0 Å². The van der Waals surface area contributed by atoms with E-state index < -0.39 is 41.2 Å². The molecule has 0 fully saturated rings. The summed E-state index contributed by atoms with van der Waals surface area (Å²) in [7, 11) is 0. The van der Waals surface area contributed by atoms with Crippen molar-refractivity contribution in [2.24, 2.45) is 0 Å². The fourth-order valence-corrected chi connectivity index (χ4v) is 2.10. The first kappa shape index (κ1) is 17.8. The molecule has 0 heterocycles. The van der Waals surface area contributed by atoms with Gasteiger partial charge in [0, 0.05) is 0 Å². The average molecular weight is 319 g/mol. The Kier molecular flexibility index (Phi) is 5.05. The van der Waals surface area contributed by atoms with E-state index in [1.54, 1.807) is 13.8 Å². The summed E-state index contributed by atoms with van der Waals surface area (Å²) in [5, 5.41) is 11.2. The predicted molar refractivity (Wildman–Crippen MR) is 73.1 cm³/mol. The van der Waals surface area contributed by atoms with Gasteiger partial charge in [-0.05, 0) is 44.9 Å². The monoisotopic (exact) mass is 319 g/mol. The second-order valence-corrected chi connectivity index (χ2v) is 5.00. The third kappa shape index (κ3) is 3.90. The highest BCUT2D eigenvalue weighted by molar-refractivity contribution is 6.00. The smallest absolute Gasteiger partial charge is 0.416 e. The summed E-state index contributed by atoms with van der Waals surface area (Å²) >= 11 is 0. The van der Waals surface area contributed by atoms with Crippen LogP contribution in [0.1, 0.15) is 40.9 Å². The Morgan fingerprint density at radius 2 is 1.82 bits per heavy atom. The topological polar surface area (TPSA) is 75.6 Å². The van der Waals surface area contributed by atoms with E-state index >= 15 is 0 Å². The van der Waals surface area contributed by atoms with E-state index in [0.717, 1.165) is 13.0 Å². The van der Waals surface area contributed by atoms with Crippen molar-refractivity contribution in [3.8, 4) is 0 Å². The lowest BCUT2D eigenvalue weighted by Crippen LogP contribution is -2.22. The van der Waals surface area contributed by atoms with Gasteiger partial charge >= 0.3 is 18.2 Å². The zero-order valence-corrected chi connectivity index (χ0v) is 12.5. The van der Waals surface area contributed by atoms with Crippen LogP contribution in [-0.4, -0.2) is 23.3 Å². The zero-order valence-electron chi connectivity index (χ0n) is 12.5. The second kappa shape index (κ2) is 6.25. The molecule has 1 aromatic carbocycles. The van der Waals surface area contributed by atoms with Gasteiger partial charge in [-0.2, -0.15) is 13.2 Å². The maximum absolute atomic E-state index is 13.1. The van der Waals surface area contributed by atoms with E-state index in [1.807, 2.05) is 0 Å². The number of benzene rings is 1. The third-order valence-electron chi connectivity index (χ3n) is 2.86. The van der Waals surface area contributed by atoms with Crippen molar-refractivity contribution in [2.45, 2.75) is 40.0 Å². The average Bonchev–Trinajstić information content (AvgIpc) is 2.29. The van der Waals surface area contributed by atoms with Crippen LogP contribution in [0.5, 0.6) is 0 Å². The summed E-state index contributed by atoms with van der Waals surface area (Å²) in [5.74, 6) is -1.44. The molecule has 0 aliphatic carbocycles. The molecule has 0 aliphatic rings. The number of amides is 1. The number of rotatable bonds is 3. The number of aryl methyl sites for hydroxylation is 1. The molecule has 0 aliphatic heterocycles. The molecule has 0 bridgehead atoms. The molecular weight excluding hydrogens is 303 g/mol. The summed E-state index contributed by atoms with van der Waals surface area (Å²) in [6.07, 6.45) is -6.18. The molecule has 2 N–H and O–H groups in total. The van der Waals surface area contributed by atoms with Crippen molar-refractivity contribution in [2.75, 3.05) is 5.32 Å². The number of carbonyl (C=O) groups is 2. The minimum atomic E-state index is -4.66. The van der Waals surface area contributed by atoms with Crippen molar-refractivity contribution in [3.63, 3.8) is 0 Å². The molecule has 0 saturated carbocycles. The Hall–Kier alpha value is -2.25. The molecule has 22 heavy (non-hydrogen) atoms. The number of hydrogen-bond acceptors (Lipinski definition) is 3. The number of carboxylic acid groups (broad SMARTS) is 1. The van der Waals surface area contributed by atoms with Crippen LogP contribution in [0.3, 0.4) is 0 Å². The standard InChI is InChI=1S/C14H16F3NO4/c1-6(2)22-13(21)18-11-8(4)10(14(15,16)17)7(3)5-9(11)12(19)20/h5-6H,1-4H3,(H,18,21)(H,19,20). The van der Waals surface area contributed by atoms with Gasteiger partial charge < -0.3 is 9.84 Å². The SMILES string of the molecule is Cc1cc(C(=O)O)c(NC(=O)OC(C)C)c(C)c1C(F)(F)F. The molecule has 1 amide bonds. The highest BCUT2D eigenvalue weighted by atomic mass is 19.4. The number of ether oxygens (including phenoxy) is 1. The van der Waals surface area contributed by atoms with E-state index in [9.17, 15) is 22.8 Å². The summed E-state index contributed by atoms with van der Waals surface area (Å²) in [5.41, 5.74) is -2.42. The largest absolute Gasteiger partial charge is 0.478 e. The molecule has 8 heteroatoms. The normalized spacial score (nSPS) is 11.5. The van der Waals surface area contributed by atoms with E-state index in [2.05, 4.69) is 5.32 Å². The minimum Gasteiger partial charge on any atom is -0.478 e. The number of aromatic carboxylic acids is 1. The van der Waals surface area contributed by atoms with E-state index in [0.29, 0.717) is 0 Å². The van der Waals surface area contributed by atoms with Crippen molar-refractivity contribution >= 4 is 17.7 Å². The predicted octanol–water partition coefficient (Wildman–Crippen LogP) is 3.98. The van der Waals surface area contributed by atoms with E-state index in [4.69, 9.17) is 9.84 Å². The van der Waals surface area contributed by atoms with E-state index in [1.165, 1.54) is 6.92 Å². The van der Waals surface area contributed by atoms with E-state index in [-0.39, 0.29) is 11.1 Å². The van der Waals surface area contributed by atoms with Crippen molar-refractivity contribution in [1.29, 1.82) is 0 Å². The van der Waals surface area contributed by atoms with Crippen LogP contribution in [0, 0.1) is 13.8 Å². The van der Waals surface area contributed by atoms with Crippen LogP contribution >= 0.6 is 0 Å². The number of alkyl halides is 3. The first-order chi connectivity index (χ1) is 9.95. The lowest BCUT2D eigenvalue weighted by atomic mass is 9.96. The summed E-state index contributed by atoms with van der Waals surface area (Å²) in [4.78, 5) is 22.8. The molecular formula is C14H16F3NO4.